The lowest BCUT2D eigenvalue weighted by atomic mass is 10.3. The maximum Gasteiger partial charge on any atom is 0.397 e. The lowest BCUT2D eigenvalue weighted by Gasteiger charge is -2.23. The average molecular weight is 274 g/mol. The number of hydrogen-bond donors (Lipinski definition) is 0. The van der Waals surface area contributed by atoms with E-state index in [2.05, 4.69) is 0 Å². The molecule has 2 fully saturated rings. The minimum atomic E-state index is -3.55. The molecule has 0 heterocycles. The molecule has 2 rings (SSSR count). The molecule has 0 aliphatic heterocycles. The minimum Gasteiger partial charge on any atom is -0.300 e. The summed E-state index contributed by atoms with van der Waals surface area (Å²) < 4.78 is 23.9. The van der Waals surface area contributed by atoms with Crippen LogP contribution in [0.5, 0.6) is 0 Å². The first-order chi connectivity index (χ1) is 8.64. The molecular formula is C13H23O4P. The lowest BCUT2D eigenvalue weighted by molar-refractivity contribution is -0.114. The predicted octanol–water partition coefficient (Wildman–Crippen LogP) is 4.03. The van der Waals surface area contributed by atoms with Gasteiger partial charge in [-0.25, -0.2) is 0 Å². The van der Waals surface area contributed by atoms with Gasteiger partial charge >= 0.3 is 7.60 Å². The molecule has 0 unspecified atom stereocenters. The van der Waals surface area contributed by atoms with Gasteiger partial charge < -0.3 is 0 Å². The van der Waals surface area contributed by atoms with Gasteiger partial charge in [0, 0.05) is 6.42 Å². The van der Waals surface area contributed by atoms with Crippen LogP contribution in [-0.4, -0.2) is 17.7 Å². The Balaban J connectivity index is 2.01. The first-order valence-corrected chi connectivity index (χ1v) is 8.68. The van der Waals surface area contributed by atoms with E-state index in [0.717, 1.165) is 51.4 Å². The molecule has 18 heavy (non-hydrogen) atoms. The highest BCUT2D eigenvalue weighted by Gasteiger charge is 2.39. The highest BCUT2D eigenvalue weighted by Crippen LogP contribution is 2.55. The van der Waals surface area contributed by atoms with E-state index in [1.165, 1.54) is 0 Å². The summed E-state index contributed by atoms with van der Waals surface area (Å²) in [6.07, 6.45) is 8.08. The van der Waals surface area contributed by atoms with Gasteiger partial charge in [0.2, 0.25) is 5.52 Å². The molecule has 0 N–H and O–H groups in total. The predicted molar refractivity (Wildman–Crippen MR) is 69.6 cm³/mol. The summed E-state index contributed by atoms with van der Waals surface area (Å²) in [7, 11) is -3.55. The summed E-state index contributed by atoms with van der Waals surface area (Å²) in [6.45, 7) is 1.71. The van der Waals surface area contributed by atoms with Crippen LogP contribution in [0.1, 0.15) is 64.7 Å². The van der Waals surface area contributed by atoms with Crippen molar-refractivity contribution in [2.24, 2.45) is 0 Å². The molecule has 4 nitrogen and oxygen atoms in total. The minimum absolute atomic E-state index is 0.0484. The maximum absolute atomic E-state index is 12.7. The molecule has 2 aliphatic rings. The van der Waals surface area contributed by atoms with E-state index in [0.29, 0.717) is 0 Å². The lowest BCUT2D eigenvalue weighted by Crippen LogP contribution is -2.17. The Morgan fingerprint density at radius 2 is 1.39 bits per heavy atom. The smallest absolute Gasteiger partial charge is 0.300 e. The number of carbonyl (C=O) groups excluding carboxylic acids is 1. The average Bonchev–Trinajstić information content (AvgIpc) is 3.01. The summed E-state index contributed by atoms with van der Waals surface area (Å²) in [4.78, 5) is 11.9. The summed E-state index contributed by atoms with van der Waals surface area (Å²) in [5.74, 6) is 0. The number of rotatable bonds is 6. The Kier molecular flexibility index (Phi) is 4.99. The highest BCUT2D eigenvalue weighted by molar-refractivity contribution is 7.71. The third-order valence-corrected chi connectivity index (χ3v) is 5.87. The molecule has 104 valence electrons. The molecule has 0 amide bonds. The Hall–Kier alpha value is -0.180. The van der Waals surface area contributed by atoms with Crippen molar-refractivity contribution in [3.05, 3.63) is 0 Å². The van der Waals surface area contributed by atoms with Crippen molar-refractivity contribution >= 4 is 13.1 Å². The van der Waals surface area contributed by atoms with Crippen LogP contribution in [0.15, 0.2) is 0 Å². The van der Waals surface area contributed by atoms with Crippen molar-refractivity contribution in [1.82, 2.24) is 0 Å². The molecule has 2 saturated carbocycles. The Bertz CT molecular complexity index is 308. The van der Waals surface area contributed by atoms with Crippen LogP contribution in [0, 0.1) is 0 Å². The standard InChI is InChI=1S/C13H23O4P/c1-2-13(14)18(15,16-11-7-3-4-8-11)17-12-9-5-6-10-12/h11-12H,2-10H2,1H3. The quantitative estimate of drug-likeness (QED) is 0.686. The van der Waals surface area contributed by atoms with Crippen molar-refractivity contribution in [3.8, 4) is 0 Å². The van der Waals surface area contributed by atoms with E-state index in [-0.39, 0.29) is 24.2 Å². The van der Waals surface area contributed by atoms with Crippen molar-refractivity contribution in [2.75, 3.05) is 0 Å². The zero-order valence-electron chi connectivity index (χ0n) is 11.1. The van der Waals surface area contributed by atoms with Crippen LogP contribution in [0.3, 0.4) is 0 Å². The van der Waals surface area contributed by atoms with Crippen molar-refractivity contribution in [1.29, 1.82) is 0 Å². The van der Waals surface area contributed by atoms with Crippen LogP contribution < -0.4 is 0 Å². The summed E-state index contributed by atoms with van der Waals surface area (Å²) in [5.41, 5.74) is -0.360. The fourth-order valence-electron chi connectivity index (χ4n) is 2.72. The van der Waals surface area contributed by atoms with Gasteiger partial charge in [0.25, 0.3) is 0 Å². The van der Waals surface area contributed by atoms with Gasteiger partial charge in [0.1, 0.15) is 0 Å². The number of hydrogen-bond acceptors (Lipinski definition) is 4. The van der Waals surface area contributed by atoms with Gasteiger partial charge in [-0.2, -0.15) is 0 Å². The first kappa shape index (κ1) is 14.2. The van der Waals surface area contributed by atoms with Crippen molar-refractivity contribution in [2.45, 2.75) is 76.9 Å². The van der Waals surface area contributed by atoms with Crippen LogP contribution in [0.4, 0.5) is 0 Å². The molecular weight excluding hydrogens is 251 g/mol. The number of carbonyl (C=O) groups is 1. The van der Waals surface area contributed by atoms with E-state index in [4.69, 9.17) is 9.05 Å². The van der Waals surface area contributed by atoms with Gasteiger partial charge in [-0.15, -0.1) is 0 Å². The largest absolute Gasteiger partial charge is 0.397 e. The Labute approximate surface area is 109 Å². The third-order valence-electron chi connectivity index (χ3n) is 3.79. The van der Waals surface area contributed by atoms with Gasteiger partial charge in [-0.3, -0.25) is 18.4 Å². The summed E-state index contributed by atoms with van der Waals surface area (Å²) >= 11 is 0. The van der Waals surface area contributed by atoms with Crippen LogP contribution >= 0.6 is 7.60 Å². The van der Waals surface area contributed by atoms with Crippen LogP contribution in [0.25, 0.3) is 0 Å². The second kappa shape index (κ2) is 6.31. The van der Waals surface area contributed by atoms with E-state index in [9.17, 15) is 9.36 Å². The normalized spacial score (nSPS) is 22.7. The SMILES string of the molecule is CCC(=O)P(=O)(OC1CCCC1)OC1CCCC1. The molecule has 0 spiro atoms. The van der Waals surface area contributed by atoms with E-state index in [1.807, 2.05) is 0 Å². The third kappa shape index (κ3) is 3.43. The van der Waals surface area contributed by atoms with Gasteiger partial charge in [0.05, 0.1) is 12.2 Å². The van der Waals surface area contributed by atoms with Crippen LogP contribution in [-0.2, 0) is 18.4 Å². The molecule has 5 heteroatoms. The first-order valence-electron chi connectivity index (χ1n) is 7.14. The molecule has 0 aromatic carbocycles. The van der Waals surface area contributed by atoms with Crippen LogP contribution in [0.2, 0.25) is 0 Å². The zero-order chi connectivity index (χ0) is 13.0. The zero-order valence-corrected chi connectivity index (χ0v) is 12.0. The summed E-state index contributed by atoms with van der Waals surface area (Å²) in [6, 6.07) is 0. The topological polar surface area (TPSA) is 52.6 Å². The maximum atomic E-state index is 12.7. The van der Waals surface area contributed by atoms with Crippen molar-refractivity contribution < 1.29 is 18.4 Å². The van der Waals surface area contributed by atoms with E-state index in [1.54, 1.807) is 6.92 Å². The van der Waals surface area contributed by atoms with E-state index >= 15 is 0 Å². The fourth-order valence-corrected chi connectivity index (χ4v) is 4.59. The molecule has 0 atom stereocenters. The second-order valence-electron chi connectivity index (χ2n) is 5.27. The molecule has 0 saturated heterocycles. The summed E-state index contributed by atoms with van der Waals surface area (Å²) in [5, 5.41) is 0. The molecule has 0 aromatic heterocycles. The highest BCUT2D eigenvalue weighted by atomic mass is 31.2. The Morgan fingerprint density at radius 3 is 1.72 bits per heavy atom. The van der Waals surface area contributed by atoms with Gasteiger partial charge in [0.15, 0.2) is 0 Å². The van der Waals surface area contributed by atoms with Crippen molar-refractivity contribution in [3.63, 3.8) is 0 Å². The molecule has 0 aromatic rings. The monoisotopic (exact) mass is 274 g/mol. The van der Waals surface area contributed by atoms with Gasteiger partial charge in [-0.1, -0.05) is 32.6 Å². The second-order valence-corrected chi connectivity index (χ2v) is 7.18. The molecule has 0 bridgehead atoms. The van der Waals surface area contributed by atoms with Gasteiger partial charge in [-0.05, 0) is 25.7 Å². The molecule has 0 radical (unpaired) electrons. The van der Waals surface area contributed by atoms with E-state index < -0.39 is 7.60 Å². The molecule has 2 aliphatic carbocycles. The fraction of sp³-hybridized carbons (Fsp3) is 0.923. The Morgan fingerprint density at radius 1 is 1.00 bits per heavy atom.